The highest BCUT2D eigenvalue weighted by Gasteiger charge is 2.30. The average Bonchev–Trinajstić information content (AvgIpc) is 2.67. The number of H-pyrrole nitrogens is 1. The topological polar surface area (TPSA) is 74.8 Å². The number of benzene rings is 2. The number of hydrogen-bond donors (Lipinski definition) is 2. The quantitative estimate of drug-likeness (QED) is 0.712. The fraction of sp³-hybridized carbons (Fsp3) is 0.150. The molecule has 2 aromatic carbocycles. The zero-order valence-electron chi connectivity index (χ0n) is 14.7. The summed E-state index contributed by atoms with van der Waals surface area (Å²) in [6.07, 6.45) is -4.47. The summed E-state index contributed by atoms with van der Waals surface area (Å²) in [6.45, 7) is 1.55. The molecule has 1 amide bonds. The molecule has 8 heteroatoms. The van der Waals surface area contributed by atoms with Gasteiger partial charge in [0.05, 0.1) is 11.6 Å². The molecule has 3 rings (SSSR count). The van der Waals surface area contributed by atoms with Gasteiger partial charge in [0, 0.05) is 11.6 Å². The number of aromatic nitrogens is 2. The maximum atomic E-state index is 12.9. The number of hydrogen-bond acceptors (Lipinski definition) is 3. The largest absolute Gasteiger partial charge is 0.416 e. The van der Waals surface area contributed by atoms with Gasteiger partial charge < -0.3 is 10.3 Å². The van der Waals surface area contributed by atoms with Crippen LogP contribution in [0.5, 0.6) is 0 Å². The number of rotatable bonds is 4. The SMILES string of the molecule is CC(NC(=O)c1cc(=O)[nH]c(-c2ccccc2)n1)c1cccc(C(F)(F)F)c1. The molecule has 1 unspecified atom stereocenters. The Hall–Kier alpha value is -3.42. The number of alkyl halides is 3. The van der Waals surface area contributed by atoms with E-state index in [4.69, 9.17) is 0 Å². The van der Waals surface area contributed by atoms with Crippen molar-refractivity contribution in [2.45, 2.75) is 19.1 Å². The first kappa shape index (κ1) is 19.3. The molecule has 1 atom stereocenters. The van der Waals surface area contributed by atoms with Crippen LogP contribution in [0.25, 0.3) is 11.4 Å². The molecule has 1 heterocycles. The Morgan fingerprint density at radius 2 is 1.79 bits per heavy atom. The molecule has 28 heavy (non-hydrogen) atoms. The van der Waals surface area contributed by atoms with Crippen LogP contribution < -0.4 is 10.9 Å². The Morgan fingerprint density at radius 3 is 2.46 bits per heavy atom. The van der Waals surface area contributed by atoms with Gasteiger partial charge in [-0.05, 0) is 24.6 Å². The summed E-state index contributed by atoms with van der Waals surface area (Å²) in [4.78, 5) is 31.1. The first-order chi connectivity index (χ1) is 13.2. The van der Waals surface area contributed by atoms with Gasteiger partial charge in [0.25, 0.3) is 11.5 Å². The van der Waals surface area contributed by atoms with E-state index in [1.54, 1.807) is 37.3 Å². The summed E-state index contributed by atoms with van der Waals surface area (Å²) in [5.41, 5.74) is -0.518. The molecule has 3 aromatic rings. The maximum absolute atomic E-state index is 12.9. The fourth-order valence-electron chi connectivity index (χ4n) is 2.64. The van der Waals surface area contributed by atoms with Crippen LogP contribution in [0.1, 0.15) is 34.6 Å². The van der Waals surface area contributed by atoms with Crippen molar-refractivity contribution in [1.82, 2.24) is 15.3 Å². The summed E-state index contributed by atoms with van der Waals surface area (Å²) in [5, 5.41) is 2.58. The predicted molar refractivity (Wildman–Crippen MR) is 97.6 cm³/mol. The van der Waals surface area contributed by atoms with Crippen LogP contribution in [0.3, 0.4) is 0 Å². The number of aromatic amines is 1. The van der Waals surface area contributed by atoms with Gasteiger partial charge >= 0.3 is 6.18 Å². The van der Waals surface area contributed by atoms with Crippen LogP contribution in [-0.4, -0.2) is 15.9 Å². The molecule has 0 fully saturated rings. The van der Waals surface area contributed by atoms with E-state index in [0.29, 0.717) is 5.56 Å². The van der Waals surface area contributed by atoms with Gasteiger partial charge in [0.1, 0.15) is 11.5 Å². The molecular weight excluding hydrogens is 371 g/mol. The van der Waals surface area contributed by atoms with Gasteiger partial charge in [-0.25, -0.2) is 4.98 Å². The number of carbonyl (C=O) groups excluding carboxylic acids is 1. The van der Waals surface area contributed by atoms with Crippen molar-refractivity contribution in [3.63, 3.8) is 0 Å². The third-order valence-corrected chi connectivity index (χ3v) is 4.08. The first-order valence-corrected chi connectivity index (χ1v) is 8.39. The molecule has 0 radical (unpaired) electrons. The van der Waals surface area contributed by atoms with Crippen molar-refractivity contribution < 1.29 is 18.0 Å². The van der Waals surface area contributed by atoms with E-state index in [2.05, 4.69) is 15.3 Å². The van der Waals surface area contributed by atoms with Crippen molar-refractivity contribution in [2.24, 2.45) is 0 Å². The third kappa shape index (κ3) is 4.46. The summed E-state index contributed by atoms with van der Waals surface area (Å²) < 4.78 is 38.6. The second-order valence-corrected chi connectivity index (χ2v) is 6.16. The van der Waals surface area contributed by atoms with E-state index in [1.165, 1.54) is 12.1 Å². The molecule has 1 aromatic heterocycles. The lowest BCUT2D eigenvalue weighted by Crippen LogP contribution is -2.29. The van der Waals surface area contributed by atoms with Crippen LogP contribution >= 0.6 is 0 Å². The Labute approximate surface area is 158 Å². The van der Waals surface area contributed by atoms with Crippen LogP contribution in [-0.2, 0) is 6.18 Å². The molecule has 0 bridgehead atoms. The Bertz CT molecular complexity index is 1050. The number of carbonyl (C=O) groups is 1. The van der Waals surface area contributed by atoms with E-state index >= 15 is 0 Å². The second-order valence-electron chi connectivity index (χ2n) is 6.16. The summed E-state index contributed by atoms with van der Waals surface area (Å²) in [5.74, 6) is -0.432. The Balaban J connectivity index is 1.84. The van der Waals surface area contributed by atoms with E-state index in [0.717, 1.165) is 18.2 Å². The lowest BCUT2D eigenvalue weighted by atomic mass is 10.0. The van der Waals surface area contributed by atoms with Crippen molar-refractivity contribution in [2.75, 3.05) is 0 Å². The van der Waals surface area contributed by atoms with Crippen LogP contribution in [0.15, 0.2) is 65.5 Å². The zero-order chi connectivity index (χ0) is 20.3. The number of halogens is 3. The Morgan fingerprint density at radius 1 is 1.07 bits per heavy atom. The fourth-order valence-corrected chi connectivity index (χ4v) is 2.64. The average molecular weight is 387 g/mol. The standard InChI is InChI=1S/C20H16F3N3O2/c1-12(14-8-5-9-15(10-14)20(21,22)23)24-19(28)16-11-17(27)26-18(25-16)13-6-3-2-4-7-13/h2-12H,1H3,(H,24,28)(H,25,26,27). The third-order valence-electron chi connectivity index (χ3n) is 4.08. The van der Waals surface area contributed by atoms with Crippen LogP contribution in [0, 0.1) is 0 Å². The highest BCUT2D eigenvalue weighted by molar-refractivity contribution is 5.92. The maximum Gasteiger partial charge on any atom is 0.416 e. The van der Waals surface area contributed by atoms with Crippen molar-refractivity contribution >= 4 is 5.91 Å². The van der Waals surface area contributed by atoms with E-state index in [9.17, 15) is 22.8 Å². The van der Waals surface area contributed by atoms with Gasteiger partial charge in [-0.3, -0.25) is 9.59 Å². The molecule has 0 aliphatic rings. The van der Waals surface area contributed by atoms with Crippen LogP contribution in [0.4, 0.5) is 13.2 Å². The highest BCUT2D eigenvalue weighted by atomic mass is 19.4. The molecule has 0 saturated carbocycles. The van der Waals surface area contributed by atoms with Gasteiger partial charge in [-0.1, -0.05) is 42.5 Å². The molecule has 0 aliphatic heterocycles. The van der Waals surface area contributed by atoms with Gasteiger partial charge in [-0.15, -0.1) is 0 Å². The monoisotopic (exact) mass is 387 g/mol. The van der Waals surface area contributed by atoms with E-state index < -0.39 is 29.2 Å². The minimum Gasteiger partial charge on any atom is -0.344 e. The second kappa shape index (κ2) is 7.67. The van der Waals surface area contributed by atoms with Crippen LogP contribution in [0.2, 0.25) is 0 Å². The predicted octanol–water partition coefficient (Wildman–Crippen LogP) is 3.95. The van der Waals surface area contributed by atoms with Crippen molar-refractivity contribution in [3.8, 4) is 11.4 Å². The summed E-state index contributed by atoms with van der Waals surface area (Å²) in [7, 11) is 0. The first-order valence-electron chi connectivity index (χ1n) is 8.39. The van der Waals surface area contributed by atoms with Gasteiger partial charge in [-0.2, -0.15) is 13.2 Å². The lowest BCUT2D eigenvalue weighted by molar-refractivity contribution is -0.137. The summed E-state index contributed by atoms with van der Waals surface area (Å²) >= 11 is 0. The van der Waals surface area contributed by atoms with E-state index in [1.807, 2.05) is 0 Å². The molecule has 0 saturated heterocycles. The number of nitrogens with zero attached hydrogens (tertiary/aromatic N) is 1. The smallest absolute Gasteiger partial charge is 0.344 e. The minimum absolute atomic E-state index is 0.124. The molecule has 0 aliphatic carbocycles. The number of nitrogens with one attached hydrogen (secondary N) is 2. The normalized spacial score (nSPS) is 12.4. The lowest BCUT2D eigenvalue weighted by Gasteiger charge is -2.16. The zero-order valence-corrected chi connectivity index (χ0v) is 14.7. The minimum atomic E-state index is -4.47. The molecule has 144 valence electrons. The van der Waals surface area contributed by atoms with Gasteiger partial charge in [0.15, 0.2) is 0 Å². The summed E-state index contributed by atoms with van der Waals surface area (Å²) in [6, 6.07) is 13.8. The highest BCUT2D eigenvalue weighted by Crippen LogP contribution is 2.30. The molecule has 5 nitrogen and oxygen atoms in total. The van der Waals surface area contributed by atoms with Crippen molar-refractivity contribution in [1.29, 1.82) is 0 Å². The molecule has 0 spiro atoms. The van der Waals surface area contributed by atoms with Gasteiger partial charge in [0.2, 0.25) is 0 Å². The molecular formula is C20H16F3N3O2. The number of amides is 1. The van der Waals surface area contributed by atoms with Crippen molar-refractivity contribution in [3.05, 3.63) is 87.8 Å². The molecule has 2 N–H and O–H groups in total. The Kier molecular flexibility index (Phi) is 5.30. The van der Waals surface area contributed by atoms with E-state index in [-0.39, 0.29) is 17.1 Å².